The van der Waals surface area contributed by atoms with Crippen LogP contribution in [0.5, 0.6) is 0 Å². The zero-order chi connectivity index (χ0) is 7.61. The summed E-state index contributed by atoms with van der Waals surface area (Å²) in [7, 11) is 0. The van der Waals surface area contributed by atoms with Crippen molar-refractivity contribution in [2.45, 2.75) is 38.3 Å². The average Bonchev–Trinajstić information content (AvgIpc) is 1.88. The summed E-state index contributed by atoms with van der Waals surface area (Å²) in [5.41, 5.74) is -0.891. The molecule has 0 saturated heterocycles. The van der Waals surface area contributed by atoms with E-state index in [1.807, 2.05) is 0 Å². The van der Waals surface area contributed by atoms with Crippen molar-refractivity contribution in [3.05, 3.63) is 0 Å². The predicted molar refractivity (Wildman–Crippen MR) is 45.3 cm³/mol. The smallest absolute Gasteiger partial charge is 0.121 e. The van der Waals surface area contributed by atoms with E-state index in [1.54, 1.807) is 0 Å². The summed E-state index contributed by atoms with van der Waals surface area (Å²) in [6, 6.07) is 0. The number of halogens is 2. The van der Waals surface area contributed by atoms with E-state index in [2.05, 4.69) is 22.9 Å². The molecule has 0 aromatic heterocycles. The van der Waals surface area contributed by atoms with E-state index in [0.29, 0.717) is 11.2 Å². The standard InChI is InChI=1S/C8H14BrF/c1-7-3-2-4-8(10,5-7)6-9/h7H,2-6H2,1H3. The Hall–Kier alpha value is 0.410. The molecule has 1 rings (SSSR count). The van der Waals surface area contributed by atoms with Gasteiger partial charge in [-0.2, -0.15) is 0 Å². The van der Waals surface area contributed by atoms with Gasteiger partial charge >= 0.3 is 0 Å². The first-order valence-electron chi connectivity index (χ1n) is 3.91. The van der Waals surface area contributed by atoms with Crippen LogP contribution in [0.15, 0.2) is 0 Å². The molecular formula is C8H14BrF. The Balaban J connectivity index is 2.45. The molecule has 0 bridgehead atoms. The summed E-state index contributed by atoms with van der Waals surface area (Å²) >= 11 is 3.22. The highest BCUT2D eigenvalue weighted by Gasteiger charge is 2.33. The van der Waals surface area contributed by atoms with Crippen molar-refractivity contribution in [2.75, 3.05) is 5.33 Å². The SMILES string of the molecule is CC1CCCC(F)(CBr)C1. The molecule has 0 radical (unpaired) electrons. The van der Waals surface area contributed by atoms with Gasteiger partial charge in [0.15, 0.2) is 0 Å². The van der Waals surface area contributed by atoms with E-state index in [4.69, 9.17) is 0 Å². The van der Waals surface area contributed by atoms with Gasteiger partial charge in [0.25, 0.3) is 0 Å². The highest BCUT2D eigenvalue weighted by Crippen LogP contribution is 2.36. The zero-order valence-electron chi connectivity index (χ0n) is 6.37. The van der Waals surface area contributed by atoms with Gasteiger partial charge < -0.3 is 0 Å². The molecular weight excluding hydrogens is 195 g/mol. The maximum atomic E-state index is 13.5. The van der Waals surface area contributed by atoms with E-state index in [0.717, 1.165) is 19.3 Å². The molecule has 2 atom stereocenters. The van der Waals surface area contributed by atoms with E-state index >= 15 is 0 Å². The maximum absolute atomic E-state index is 13.5. The Morgan fingerprint density at radius 3 is 2.80 bits per heavy atom. The lowest BCUT2D eigenvalue weighted by atomic mass is 9.81. The Morgan fingerprint density at radius 2 is 2.40 bits per heavy atom. The molecule has 0 spiro atoms. The molecule has 1 aliphatic rings. The van der Waals surface area contributed by atoms with Crippen LogP contribution in [0, 0.1) is 5.92 Å². The first-order valence-corrected chi connectivity index (χ1v) is 5.03. The van der Waals surface area contributed by atoms with E-state index < -0.39 is 5.67 Å². The number of alkyl halides is 2. The van der Waals surface area contributed by atoms with Crippen LogP contribution in [-0.4, -0.2) is 11.0 Å². The third-order valence-corrected chi connectivity index (χ3v) is 3.28. The molecule has 0 amide bonds. The summed E-state index contributed by atoms with van der Waals surface area (Å²) in [4.78, 5) is 0. The van der Waals surface area contributed by atoms with Crippen LogP contribution in [0.1, 0.15) is 32.6 Å². The Labute approximate surface area is 70.3 Å². The average molecular weight is 209 g/mol. The van der Waals surface area contributed by atoms with Gasteiger partial charge in [0.1, 0.15) is 5.67 Å². The van der Waals surface area contributed by atoms with Crippen LogP contribution >= 0.6 is 15.9 Å². The lowest BCUT2D eigenvalue weighted by molar-refractivity contribution is 0.107. The summed E-state index contributed by atoms with van der Waals surface area (Å²) in [6.07, 6.45) is 3.77. The highest BCUT2D eigenvalue weighted by atomic mass is 79.9. The number of hydrogen-bond donors (Lipinski definition) is 0. The van der Waals surface area contributed by atoms with Crippen LogP contribution in [0.4, 0.5) is 4.39 Å². The Bertz CT molecular complexity index is 116. The lowest BCUT2D eigenvalue weighted by Crippen LogP contribution is -2.31. The van der Waals surface area contributed by atoms with Gasteiger partial charge in [-0.3, -0.25) is 0 Å². The quantitative estimate of drug-likeness (QED) is 0.581. The second kappa shape index (κ2) is 3.21. The fourth-order valence-electron chi connectivity index (χ4n) is 1.72. The Kier molecular flexibility index (Phi) is 2.73. The van der Waals surface area contributed by atoms with Crippen molar-refractivity contribution in [1.82, 2.24) is 0 Å². The molecule has 1 saturated carbocycles. The molecule has 60 valence electrons. The van der Waals surface area contributed by atoms with Gasteiger partial charge in [0, 0.05) is 5.33 Å². The molecule has 2 heteroatoms. The van der Waals surface area contributed by atoms with E-state index in [9.17, 15) is 4.39 Å². The minimum absolute atomic E-state index is 0.518. The van der Waals surface area contributed by atoms with E-state index in [1.165, 1.54) is 6.42 Å². The molecule has 0 aromatic carbocycles. The van der Waals surface area contributed by atoms with Crippen molar-refractivity contribution < 1.29 is 4.39 Å². The van der Waals surface area contributed by atoms with Crippen LogP contribution in [0.25, 0.3) is 0 Å². The lowest BCUT2D eigenvalue weighted by Gasteiger charge is -2.31. The van der Waals surface area contributed by atoms with Crippen LogP contribution in [0.2, 0.25) is 0 Å². The molecule has 1 fully saturated rings. The van der Waals surface area contributed by atoms with Crippen molar-refractivity contribution in [3.8, 4) is 0 Å². The Morgan fingerprint density at radius 1 is 1.70 bits per heavy atom. The molecule has 1 aliphatic carbocycles. The minimum Gasteiger partial charge on any atom is -0.243 e. The highest BCUT2D eigenvalue weighted by molar-refractivity contribution is 9.09. The predicted octanol–water partition coefficient (Wildman–Crippen LogP) is 3.30. The monoisotopic (exact) mass is 208 g/mol. The largest absolute Gasteiger partial charge is 0.243 e. The van der Waals surface area contributed by atoms with E-state index in [-0.39, 0.29) is 0 Å². The molecule has 0 N–H and O–H groups in total. The van der Waals surface area contributed by atoms with Gasteiger partial charge in [0.2, 0.25) is 0 Å². The second-order valence-electron chi connectivity index (χ2n) is 3.49. The summed E-state index contributed by atoms with van der Waals surface area (Å²) in [5.74, 6) is 0.580. The van der Waals surface area contributed by atoms with Gasteiger partial charge in [-0.1, -0.05) is 29.3 Å². The van der Waals surface area contributed by atoms with Crippen LogP contribution in [0.3, 0.4) is 0 Å². The summed E-state index contributed by atoms with van der Waals surface area (Å²) in [5, 5.41) is 0.518. The number of rotatable bonds is 1. The van der Waals surface area contributed by atoms with Crippen molar-refractivity contribution in [1.29, 1.82) is 0 Å². The fraction of sp³-hybridized carbons (Fsp3) is 1.00. The summed E-state index contributed by atoms with van der Waals surface area (Å²) in [6.45, 7) is 2.14. The first kappa shape index (κ1) is 8.51. The van der Waals surface area contributed by atoms with Gasteiger partial charge in [-0.15, -0.1) is 0 Å². The molecule has 2 unspecified atom stereocenters. The topological polar surface area (TPSA) is 0 Å². The number of hydrogen-bond acceptors (Lipinski definition) is 0. The third kappa shape index (κ3) is 1.94. The van der Waals surface area contributed by atoms with Gasteiger partial charge in [0.05, 0.1) is 0 Å². The maximum Gasteiger partial charge on any atom is 0.121 e. The normalized spacial score (nSPS) is 41.7. The van der Waals surface area contributed by atoms with Crippen LogP contribution in [-0.2, 0) is 0 Å². The minimum atomic E-state index is -0.891. The third-order valence-electron chi connectivity index (χ3n) is 2.28. The molecule has 0 nitrogen and oxygen atoms in total. The molecule has 10 heavy (non-hydrogen) atoms. The molecule has 0 heterocycles. The second-order valence-corrected chi connectivity index (χ2v) is 4.05. The zero-order valence-corrected chi connectivity index (χ0v) is 7.95. The van der Waals surface area contributed by atoms with Gasteiger partial charge in [-0.05, 0) is 25.2 Å². The molecule has 0 aliphatic heterocycles. The fourth-order valence-corrected chi connectivity index (χ4v) is 2.23. The van der Waals surface area contributed by atoms with Crippen LogP contribution < -0.4 is 0 Å². The molecule has 0 aromatic rings. The summed E-state index contributed by atoms with van der Waals surface area (Å²) < 4.78 is 13.5. The van der Waals surface area contributed by atoms with Crippen molar-refractivity contribution in [2.24, 2.45) is 5.92 Å². The van der Waals surface area contributed by atoms with Crippen molar-refractivity contribution in [3.63, 3.8) is 0 Å². The van der Waals surface area contributed by atoms with Gasteiger partial charge in [-0.25, -0.2) is 4.39 Å². The first-order chi connectivity index (χ1) is 4.66. The van der Waals surface area contributed by atoms with Crippen molar-refractivity contribution >= 4 is 15.9 Å².